The van der Waals surface area contributed by atoms with E-state index in [0.29, 0.717) is 0 Å². The van der Waals surface area contributed by atoms with Crippen LogP contribution in [0.5, 0.6) is 0 Å². The second-order valence-corrected chi connectivity index (χ2v) is 11.3. The van der Waals surface area contributed by atoms with E-state index in [-0.39, 0.29) is 0 Å². The lowest BCUT2D eigenvalue weighted by molar-refractivity contribution is 1.09. The number of para-hydroxylation sites is 3. The molecular formula is C43H32N2. The standard InChI is InChI=1S/C43H32N2/c1-2-7-19-32(18-6-1)44(33-20-8-3-9-21-33)42-30-40-37-27-15-17-29-39(37)43(31-41(40)36-26-14-16-28-38(36)42)45(34-22-10-4-11-23-34)35-24-12-5-13-25-35/h1-18,20-31H,19H2. The Balaban J connectivity index is 1.46. The van der Waals surface area contributed by atoms with E-state index in [1.165, 1.54) is 43.7 Å². The molecule has 0 spiro atoms. The molecule has 0 saturated carbocycles. The van der Waals surface area contributed by atoms with Crippen LogP contribution >= 0.6 is 0 Å². The summed E-state index contributed by atoms with van der Waals surface area (Å²) in [5.41, 5.74) is 6.99. The quantitative estimate of drug-likeness (QED) is 0.182. The molecule has 1 aliphatic rings. The summed E-state index contributed by atoms with van der Waals surface area (Å²) in [6, 6.07) is 54.6. The first-order valence-electron chi connectivity index (χ1n) is 15.5. The number of fused-ring (bicyclic) bond motifs is 5. The van der Waals surface area contributed by atoms with E-state index in [9.17, 15) is 0 Å². The zero-order valence-corrected chi connectivity index (χ0v) is 24.9. The second kappa shape index (κ2) is 11.7. The molecule has 45 heavy (non-hydrogen) atoms. The summed E-state index contributed by atoms with van der Waals surface area (Å²) in [7, 11) is 0. The molecule has 0 amide bonds. The van der Waals surface area contributed by atoms with Gasteiger partial charge in [0.2, 0.25) is 0 Å². The Hall–Kier alpha value is -5.86. The number of anilines is 5. The second-order valence-electron chi connectivity index (χ2n) is 11.3. The maximum absolute atomic E-state index is 2.44. The van der Waals surface area contributed by atoms with Crippen molar-refractivity contribution in [3.8, 4) is 0 Å². The summed E-state index contributed by atoms with van der Waals surface area (Å²) in [4.78, 5) is 4.82. The van der Waals surface area contributed by atoms with Crippen molar-refractivity contribution in [3.63, 3.8) is 0 Å². The minimum atomic E-state index is 0.844. The molecule has 0 bridgehead atoms. The highest BCUT2D eigenvalue weighted by Crippen LogP contribution is 2.46. The number of hydrogen-bond donors (Lipinski definition) is 0. The van der Waals surface area contributed by atoms with Crippen LogP contribution in [0.1, 0.15) is 6.42 Å². The summed E-state index contributed by atoms with van der Waals surface area (Å²) < 4.78 is 0. The normalized spacial score (nSPS) is 12.8. The molecule has 7 aromatic rings. The van der Waals surface area contributed by atoms with Crippen LogP contribution in [0.15, 0.2) is 188 Å². The van der Waals surface area contributed by atoms with Crippen LogP contribution in [0.3, 0.4) is 0 Å². The molecule has 0 saturated heterocycles. The van der Waals surface area contributed by atoms with Crippen molar-refractivity contribution in [2.45, 2.75) is 6.42 Å². The van der Waals surface area contributed by atoms with Gasteiger partial charge in [-0.1, -0.05) is 127 Å². The Bertz CT molecular complexity index is 2190. The van der Waals surface area contributed by atoms with Crippen LogP contribution in [0, 0.1) is 0 Å². The molecule has 0 aliphatic heterocycles. The Morgan fingerprint density at radius 2 is 0.778 bits per heavy atom. The SMILES string of the molecule is C1=CC=C(N(c2ccccc2)c2cc3c4ccccc4c(N(c4ccccc4)c4ccccc4)cc3c3ccccc23)CC=C1. The lowest BCUT2D eigenvalue weighted by atomic mass is 9.93. The molecular weight excluding hydrogens is 544 g/mol. The third kappa shape index (κ3) is 4.87. The third-order valence-electron chi connectivity index (χ3n) is 8.62. The monoisotopic (exact) mass is 576 g/mol. The number of rotatable bonds is 6. The fourth-order valence-electron chi connectivity index (χ4n) is 6.63. The number of benzene rings is 7. The predicted octanol–water partition coefficient (Wildman–Crippen LogP) is 12.2. The molecule has 1 aliphatic carbocycles. The molecule has 0 aromatic heterocycles. The minimum absolute atomic E-state index is 0.844. The summed E-state index contributed by atoms with van der Waals surface area (Å²) in [6.45, 7) is 0. The minimum Gasteiger partial charge on any atom is -0.313 e. The molecule has 0 unspecified atom stereocenters. The summed E-state index contributed by atoms with van der Waals surface area (Å²) in [6.07, 6.45) is 11.7. The number of allylic oxidation sites excluding steroid dienone is 5. The van der Waals surface area contributed by atoms with Crippen LogP contribution in [0.2, 0.25) is 0 Å². The van der Waals surface area contributed by atoms with Crippen molar-refractivity contribution in [2.75, 3.05) is 9.80 Å². The third-order valence-corrected chi connectivity index (χ3v) is 8.62. The van der Waals surface area contributed by atoms with Crippen LogP contribution in [-0.2, 0) is 0 Å². The zero-order chi connectivity index (χ0) is 30.0. The Kier molecular flexibility index (Phi) is 6.94. The van der Waals surface area contributed by atoms with Gasteiger partial charge in [-0.3, -0.25) is 0 Å². The Labute approximate surface area is 264 Å². The van der Waals surface area contributed by atoms with Crippen molar-refractivity contribution in [2.24, 2.45) is 0 Å². The molecule has 2 heteroatoms. The maximum atomic E-state index is 2.44. The van der Waals surface area contributed by atoms with Crippen molar-refractivity contribution < 1.29 is 0 Å². The van der Waals surface area contributed by atoms with E-state index < -0.39 is 0 Å². The fourth-order valence-corrected chi connectivity index (χ4v) is 6.63. The Morgan fingerprint density at radius 1 is 0.356 bits per heavy atom. The van der Waals surface area contributed by atoms with Gasteiger partial charge in [-0.05, 0) is 76.2 Å². The van der Waals surface area contributed by atoms with E-state index in [1.54, 1.807) is 0 Å². The summed E-state index contributed by atoms with van der Waals surface area (Å²) in [5, 5.41) is 7.38. The molecule has 0 atom stereocenters. The van der Waals surface area contributed by atoms with Gasteiger partial charge in [-0.2, -0.15) is 0 Å². The smallest absolute Gasteiger partial charge is 0.0546 e. The van der Waals surface area contributed by atoms with E-state index in [2.05, 4.69) is 192 Å². The molecule has 2 nitrogen and oxygen atoms in total. The molecule has 7 aromatic carbocycles. The summed E-state index contributed by atoms with van der Waals surface area (Å²) >= 11 is 0. The fraction of sp³-hybridized carbons (Fsp3) is 0.0233. The molecule has 0 heterocycles. The highest BCUT2D eigenvalue weighted by Gasteiger charge is 2.22. The Morgan fingerprint density at radius 3 is 1.29 bits per heavy atom. The highest BCUT2D eigenvalue weighted by atomic mass is 15.2. The van der Waals surface area contributed by atoms with Gasteiger partial charge in [0, 0.05) is 40.0 Å². The number of nitrogens with zero attached hydrogens (tertiary/aromatic N) is 2. The van der Waals surface area contributed by atoms with Crippen molar-refractivity contribution in [1.29, 1.82) is 0 Å². The van der Waals surface area contributed by atoms with E-state index in [1.807, 2.05) is 0 Å². The van der Waals surface area contributed by atoms with Gasteiger partial charge in [0.1, 0.15) is 0 Å². The van der Waals surface area contributed by atoms with Crippen LogP contribution in [0.4, 0.5) is 28.4 Å². The highest BCUT2D eigenvalue weighted by molar-refractivity contribution is 6.24. The van der Waals surface area contributed by atoms with Crippen molar-refractivity contribution in [3.05, 3.63) is 188 Å². The van der Waals surface area contributed by atoms with Gasteiger partial charge >= 0.3 is 0 Å². The van der Waals surface area contributed by atoms with Gasteiger partial charge in [0.25, 0.3) is 0 Å². The van der Waals surface area contributed by atoms with Gasteiger partial charge in [-0.15, -0.1) is 0 Å². The average molecular weight is 577 g/mol. The van der Waals surface area contributed by atoms with Crippen LogP contribution < -0.4 is 9.80 Å². The van der Waals surface area contributed by atoms with Crippen molar-refractivity contribution >= 4 is 60.8 Å². The number of hydrogen-bond acceptors (Lipinski definition) is 2. The van der Waals surface area contributed by atoms with Gasteiger partial charge in [0.15, 0.2) is 0 Å². The van der Waals surface area contributed by atoms with Gasteiger partial charge in [0.05, 0.1) is 11.4 Å². The average Bonchev–Trinajstić information content (AvgIpc) is 3.40. The predicted molar refractivity (Wildman–Crippen MR) is 193 cm³/mol. The largest absolute Gasteiger partial charge is 0.313 e. The lowest BCUT2D eigenvalue weighted by Gasteiger charge is -2.30. The van der Waals surface area contributed by atoms with E-state index >= 15 is 0 Å². The molecule has 0 fully saturated rings. The van der Waals surface area contributed by atoms with E-state index in [4.69, 9.17) is 0 Å². The zero-order valence-electron chi connectivity index (χ0n) is 24.9. The first-order chi connectivity index (χ1) is 22.4. The van der Waals surface area contributed by atoms with Crippen LogP contribution in [0.25, 0.3) is 32.3 Å². The first kappa shape index (κ1) is 26.7. The maximum Gasteiger partial charge on any atom is 0.0546 e. The van der Waals surface area contributed by atoms with Gasteiger partial charge in [-0.25, -0.2) is 0 Å². The van der Waals surface area contributed by atoms with E-state index in [0.717, 1.165) is 29.2 Å². The molecule has 0 radical (unpaired) electrons. The molecule has 0 N–H and O–H groups in total. The molecule has 8 rings (SSSR count). The summed E-state index contributed by atoms with van der Waals surface area (Å²) in [5.74, 6) is 0. The van der Waals surface area contributed by atoms with Gasteiger partial charge < -0.3 is 9.80 Å². The topological polar surface area (TPSA) is 6.48 Å². The van der Waals surface area contributed by atoms with Crippen LogP contribution in [-0.4, -0.2) is 0 Å². The van der Waals surface area contributed by atoms with Crippen molar-refractivity contribution in [1.82, 2.24) is 0 Å². The lowest BCUT2D eigenvalue weighted by Crippen LogP contribution is -2.16. The first-order valence-corrected chi connectivity index (χ1v) is 15.5. The molecule has 214 valence electrons.